The number of pyridine rings is 1. The Morgan fingerprint density at radius 3 is 2.47 bits per heavy atom. The number of rotatable bonds is 3. The lowest BCUT2D eigenvalue weighted by Gasteiger charge is -2.16. The van der Waals surface area contributed by atoms with Crippen LogP contribution in [0, 0.1) is 0 Å². The maximum Gasteiger partial charge on any atom is 0.418 e. The van der Waals surface area contributed by atoms with E-state index in [9.17, 15) is 26.7 Å². The first-order chi connectivity index (χ1) is 8.66. The van der Waals surface area contributed by atoms with Gasteiger partial charge in [-0.1, -0.05) is 0 Å². The molecule has 9 heteroatoms. The fourth-order valence-electron chi connectivity index (χ4n) is 1.42. The van der Waals surface area contributed by atoms with Crippen molar-refractivity contribution in [3.63, 3.8) is 0 Å². The number of ether oxygens (including phenoxy) is 1. The van der Waals surface area contributed by atoms with Crippen LogP contribution in [-0.4, -0.2) is 18.1 Å². The molecule has 0 saturated carbocycles. The number of carbonyl (C=O) groups excluding carboxylic acids is 1. The van der Waals surface area contributed by atoms with Crippen LogP contribution >= 0.6 is 15.9 Å². The summed E-state index contributed by atoms with van der Waals surface area (Å²) in [7, 11) is 0.974. The van der Waals surface area contributed by atoms with Crippen molar-refractivity contribution < 1.29 is 31.5 Å². The van der Waals surface area contributed by atoms with Gasteiger partial charge in [0.05, 0.1) is 24.8 Å². The Labute approximate surface area is 112 Å². The van der Waals surface area contributed by atoms with Crippen LogP contribution in [0.1, 0.15) is 23.2 Å². The minimum Gasteiger partial charge on any atom is -0.469 e. The minimum atomic E-state index is -5.04. The summed E-state index contributed by atoms with van der Waals surface area (Å²) in [4.78, 5) is 14.5. The molecule has 1 rings (SSSR count). The number of halogens is 6. The van der Waals surface area contributed by atoms with Gasteiger partial charge in [0.1, 0.15) is 4.60 Å². The third-order valence-corrected chi connectivity index (χ3v) is 2.56. The van der Waals surface area contributed by atoms with Gasteiger partial charge in [0.2, 0.25) is 0 Å². The molecule has 0 spiro atoms. The van der Waals surface area contributed by atoms with E-state index < -0.39 is 41.8 Å². The van der Waals surface area contributed by atoms with Crippen molar-refractivity contribution in [1.29, 1.82) is 0 Å². The lowest BCUT2D eigenvalue weighted by molar-refractivity contribution is -0.142. The van der Waals surface area contributed by atoms with E-state index in [-0.39, 0.29) is 4.60 Å². The molecule has 1 heterocycles. The number of carbonyl (C=O) groups is 1. The quantitative estimate of drug-likeness (QED) is 0.477. The molecule has 1 aromatic rings. The highest BCUT2D eigenvalue weighted by atomic mass is 79.9. The summed E-state index contributed by atoms with van der Waals surface area (Å²) < 4.78 is 67.8. The number of hydrogen-bond donors (Lipinski definition) is 0. The smallest absolute Gasteiger partial charge is 0.418 e. The summed E-state index contributed by atoms with van der Waals surface area (Å²) in [6.07, 6.45) is -9.22. The second-order valence-electron chi connectivity index (χ2n) is 3.41. The first kappa shape index (κ1) is 15.8. The van der Waals surface area contributed by atoms with Gasteiger partial charge in [-0.05, 0) is 22.0 Å². The number of nitrogens with zero attached hydrogens (tertiary/aromatic N) is 1. The standard InChI is InChI=1S/C10H7BrF5NO2/c1-19-7(18)3-5-8(10(14,15)16)4(9(12)13)2-6(11)17-5/h2,9H,3H2,1H3. The average molecular weight is 348 g/mol. The zero-order chi connectivity index (χ0) is 14.8. The lowest BCUT2D eigenvalue weighted by atomic mass is 10.0. The van der Waals surface area contributed by atoms with Gasteiger partial charge in [0.25, 0.3) is 6.43 Å². The Bertz CT molecular complexity index is 490. The van der Waals surface area contributed by atoms with Crippen LogP contribution in [0.2, 0.25) is 0 Å². The molecule has 0 aliphatic heterocycles. The average Bonchev–Trinajstić information content (AvgIpc) is 2.25. The van der Waals surface area contributed by atoms with Gasteiger partial charge in [-0.25, -0.2) is 13.8 Å². The van der Waals surface area contributed by atoms with Crippen LogP contribution in [0.15, 0.2) is 10.7 Å². The van der Waals surface area contributed by atoms with Gasteiger partial charge >= 0.3 is 12.1 Å². The van der Waals surface area contributed by atoms with Gasteiger partial charge in [0, 0.05) is 5.56 Å². The van der Waals surface area contributed by atoms with E-state index in [1.54, 1.807) is 0 Å². The monoisotopic (exact) mass is 347 g/mol. The van der Waals surface area contributed by atoms with Crippen molar-refractivity contribution in [2.75, 3.05) is 7.11 Å². The number of esters is 1. The lowest BCUT2D eigenvalue weighted by Crippen LogP contribution is -2.18. The molecule has 0 unspecified atom stereocenters. The summed E-state index contributed by atoms with van der Waals surface area (Å²) >= 11 is 2.73. The van der Waals surface area contributed by atoms with E-state index in [1.165, 1.54) is 0 Å². The van der Waals surface area contributed by atoms with Crippen LogP contribution in [0.25, 0.3) is 0 Å². The maximum atomic E-state index is 12.8. The van der Waals surface area contributed by atoms with E-state index in [0.29, 0.717) is 6.07 Å². The van der Waals surface area contributed by atoms with Gasteiger partial charge in [-0.2, -0.15) is 13.2 Å². The topological polar surface area (TPSA) is 39.2 Å². The molecule has 106 valence electrons. The SMILES string of the molecule is COC(=O)Cc1nc(Br)cc(C(F)F)c1C(F)(F)F. The second kappa shape index (κ2) is 5.81. The number of alkyl halides is 5. The molecule has 19 heavy (non-hydrogen) atoms. The Hall–Kier alpha value is -1.25. The molecule has 0 N–H and O–H groups in total. The summed E-state index contributed by atoms with van der Waals surface area (Å²) in [5.41, 5.74) is -3.63. The Balaban J connectivity index is 3.47. The molecule has 0 fully saturated rings. The normalized spacial score (nSPS) is 11.8. The Morgan fingerprint density at radius 1 is 1.47 bits per heavy atom. The van der Waals surface area contributed by atoms with E-state index in [0.717, 1.165) is 7.11 Å². The van der Waals surface area contributed by atoms with Crippen LogP contribution in [0.4, 0.5) is 22.0 Å². The van der Waals surface area contributed by atoms with Crippen molar-refractivity contribution in [3.05, 3.63) is 27.5 Å². The zero-order valence-corrected chi connectivity index (χ0v) is 11.0. The molecule has 0 amide bonds. The summed E-state index contributed by atoms with van der Waals surface area (Å²) in [5.74, 6) is -1.00. The van der Waals surface area contributed by atoms with Crippen LogP contribution in [0.3, 0.4) is 0 Å². The summed E-state index contributed by atoms with van der Waals surface area (Å²) in [5, 5.41) is 0. The van der Waals surface area contributed by atoms with Gasteiger partial charge < -0.3 is 4.74 Å². The van der Waals surface area contributed by atoms with E-state index in [1.807, 2.05) is 0 Å². The van der Waals surface area contributed by atoms with Crippen molar-refractivity contribution in [2.24, 2.45) is 0 Å². The summed E-state index contributed by atoms with van der Waals surface area (Å²) in [6.45, 7) is 0. The second-order valence-corrected chi connectivity index (χ2v) is 4.22. The highest BCUT2D eigenvalue weighted by Crippen LogP contribution is 2.39. The largest absolute Gasteiger partial charge is 0.469 e. The van der Waals surface area contributed by atoms with Gasteiger partial charge in [0.15, 0.2) is 0 Å². The zero-order valence-electron chi connectivity index (χ0n) is 9.39. The summed E-state index contributed by atoms with van der Waals surface area (Å²) in [6, 6.07) is 0.578. The van der Waals surface area contributed by atoms with Gasteiger partial charge in [-0.15, -0.1) is 0 Å². The number of hydrogen-bond acceptors (Lipinski definition) is 3. The van der Waals surface area contributed by atoms with E-state index >= 15 is 0 Å². The molecule has 3 nitrogen and oxygen atoms in total. The van der Waals surface area contributed by atoms with Crippen molar-refractivity contribution in [3.8, 4) is 0 Å². The highest BCUT2D eigenvalue weighted by molar-refractivity contribution is 9.10. The highest BCUT2D eigenvalue weighted by Gasteiger charge is 2.40. The predicted molar refractivity (Wildman–Crippen MR) is 57.6 cm³/mol. The van der Waals surface area contributed by atoms with Crippen LogP contribution < -0.4 is 0 Å². The van der Waals surface area contributed by atoms with Crippen molar-refractivity contribution >= 4 is 21.9 Å². The van der Waals surface area contributed by atoms with Crippen molar-refractivity contribution in [1.82, 2.24) is 4.98 Å². The molecule has 0 aliphatic carbocycles. The Kier molecular flexibility index (Phi) is 4.83. The first-order valence-electron chi connectivity index (χ1n) is 4.78. The first-order valence-corrected chi connectivity index (χ1v) is 5.57. The fourth-order valence-corrected chi connectivity index (χ4v) is 1.88. The molecule has 0 aliphatic rings. The number of methoxy groups -OCH3 is 1. The third kappa shape index (κ3) is 3.85. The van der Waals surface area contributed by atoms with Crippen molar-refractivity contribution in [2.45, 2.75) is 19.0 Å². The van der Waals surface area contributed by atoms with E-state index in [4.69, 9.17) is 0 Å². The molecule has 1 aromatic heterocycles. The predicted octanol–water partition coefficient (Wildman–Crippen LogP) is 3.52. The fraction of sp³-hybridized carbons (Fsp3) is 0.400. The minimum absolute atomic E-state index is 0.213. The molecule has 0 bridgehead atoms. The van der Waals surface area contributed by atoms with E-state index in [2.05, 4.69) is 25.7 Å². The molecular formula is C10H7BrF5NO2. The molecule has 0 atom stereocenters. The van der Waals surface area contributed by atoms with Crippen LogP contribution in [-0.2, 0) is 22.1 Å². The molecular weight excluding hydrogens is 341 g/mol. The molecule has 0 aromatic carbocycles. The van der Waals surface area contributed by atoms with Crippen LogP contribution in [0.5, 0.6) is 0 Å². The maximum absolute atomic E-state index is 12.8. The number of aromatic nitrogens is 1. The third-order valence-electron chi connectivity index (χ3n) is 2.15. The van der Waals surface area contributed by atoms with Gasteiger partial charge in [-0.3, -0.25) is 4.79 Å². The molecule has 0 radical (unpaired) electrons. The Morgan fingerprint density at radius 2 is 2.05 bits per heavy atom. The molecule has 0 saturated heterocycles.